The Morgan fingerprint density at radius 2 is 0.626 bits per heavy atom. The van der Waals surface area contributed by atoms with Crippen molar-refractivity contribution in [3.63, 3.8) is 0 Å². The van der Waals surface area contributed by atoms with E-state index in [1.807, 2.05) is 33.9 Å². The maximum atomic E-state index is 7.12. The first-order valence-electron chi connectivity index (χ1n) is 35.9. The Labute approximate surface area is 630 Å². The molecule has 0 aliphatic carbocycles. The highest BCUT2D eigenvalue weighted by molar-refractivity contribution is 6.88. The molecule has 0 saturated carbocycles. The van der Waals surface area contributed by atoms with Gasteiger partial charge in [-0.3, -0.25) is 0 Å². The summed E-state index contributed by atoms with van der Waals surface area (Å²) in [6, 6.07) is 24.0. The highest BCUT2D eigenvalue weighted by Gasteiger charge is 2.51. The quantitative estimate of drug-likeness (QED) is 0.0572. The fourth-order valence-corrected chi connectivity index (χ4v) is 75.1. The van der Waals surface area contributed by atoms with Crippen LogP contribution in [0.1, 0.15) is 58.1 Å². The molecule has 2 aromatic rings. The number of hydrogen-bond donors (Lipinski definition) is 0. The second-order valence-electron chi connectivity index (χ2n) is 34.3. The van der Waals surface area contributed by atoms with Gasteiger partial charge in [0.15, 0.2) is 66.5 Å². The Hall–Kier alpha value is 1.58. The summed E-state index contributed by atoms with van der Waals surface area (Å²) in [5, 5.41) is 0. The molecular weight excluding hydrogens is 1550 g/mol. The standard InChI is InChI=1S/C29H54O5Si5.C13H38O6Si5.2C10H30O4Si4/c1-13-30-39(12,33-37(8,9)10)34-38(11,32-35(4)31-36(5,6)7)25-27(26-20-16-14-17-21-26)24-29(2,3)28-22-18-15-19-23-28;1-14-24(15-2,16-3)13-12-23(11,19-22(8,9)10)18-20(4)17-21(5,6)7;2*1-10-11-18(9,14-17(6,7)8)13-15(2)12-16(3,4)5/h14-23,27,35H,13,24-25H2,1-12H3;20H,12-13H2,1-11H3;2*15H,10H2,1-9H3. The van der Waals surface area contributed by atoms with Crippen LogP contribution < -0.4 is 0 Å². The summed E-state index contributed by atoms with van der Waals surface area (Å²) in [6.45, 7) is 83.7. The number of benzene rings is 2. The third-order valence-corrected chi connectivity index (χ3v) is 69.9. The Morgan fingerprint density at radius 3 is 0.929 bits per heavy atom. The second kappa shape index (κ2) is 43.8. The average molecular weight is 1710 g/mol. The van der Waals surface area contributed by atoms with E-state index in [1.54, 1.807) is 21.3 Å². The van der Waals surface area contributed by atoms with Crippen molar-refractivity contribution >= 4 is 156 Å². The summed E-state index contributed by atoms with van der Waals surface area (Å²) in [7, 11) is -31.4. The van der Waals surface area contributed by atoms with Crippen molar-refractivity contribution < 1.29 is 80.1 Å². The molecule has 10 atom stereocenters. The topological polar surface area (TPSA) is 175 Å². The average Bonchev–Trinajstić information content (AvgIpc) is 0.801. The lowest BCUT2D eigenvalue weighted by atomic mass is 9.76. The highest BCUT2D eigenvalue weighted by Crippen LogP contribution is 2.41. The van der Waals surface area contributed by atoms with Crippen molar-refractivity contribution in [3.05, 3.63) is 71.8 Å². The van der Waals surface area contributed by atoms with Crippen LogP contribution in [0.5, 0.6) is 0 Å². The molecule has 0 aliphatic heterocycles. The fourth-order valence-electron chi connectivity index (χ4n) is 11.4. The largest absolute Gasteiger partial charge is 0.500 e. The molecule has 37 heteroatoms. The van der Waals surface area contributed by atoms with Crippen LogP contribution >= 0.6 is 0 Å². The van der Waals surface area contributed by atoms with Gasteiger partial charge in [0, 0.05) is 66.8 Å². The SMILES string of the molecule is CCO[Si](C)(O[SiH](C)O[Si](C)(C)C)O[Si](C)(C)C.CCO[Si](C)(O[SiH](C)O[Si](C)(C)C)O[Si](C)(C)C.CCO[Si](C)(O[Si](C)(C)C)O[Si](C)(CC(CC(C)(C)c1ccccc1)c1ccccc1)O[SiH](C)O[Si](C)(C)C.CO[Si](CC[Si](C)(O[SiH](C)O[Si](C)(C)C)O[Si](C)(C)C)(OC)OC. The van der Waals surface area contributed by atoms with E-state index in [-0.39, 0.29) is 11.3 Å². The van der Waals surface area contributed by atoms with E-state index in [4.69, 9.17) is 80.1 Å². The van der Waals surface area contributed by atoms with Crippen molar-refractivity contribution in [1.29, 1.82) is 0 Å². The van der Waals surface area contributed by atoms with E-state index in [2.05, 4.69) is 277 Å². The molecule has 10 unspecified atom stereocenters. The van der Waals surface area contributed by atoms with Gasteiger partial charge in [-0.1, -0.05) is 74.5 Å². The third kappa shape index (κ3) is 51.6. The normalized spacial score (nSPS) is 18.0. The lowest BCUT2D eigenvalue weighted by molar-refractivity contribution is 0.124. The predicted octanol–water partition coefficient (Wildman–Crippen LogP) is 18.2. The van der Waals surface area contributed by atoms with Gasteiger partial charge in [0.05, 0.1) is 0 Å². The lowest BCUT2D eigenvalue weighted by Gasteiger charge is -2.42. The Kier molecular flexibility index (Phi) is 45.4. The van der Waals surface area contributed by atoms with E-state index in [9.17, 15) is 0 Å². The van der Waals surface area contributed by atoms with Crippen LogP contribution in [0.15, 0.2) is 60.7 Å². The molecule has 0 radical (unpaired) electrons. The van der Waals surface area contributed by atoms with Crippen LogP contribution in [-0.4, -0.2) is 197 Å². The van der Waals surface area contributed by atoms with Gasteiger partial charge in [-0.15, -0.1) is 0 Å². The van der Waals surface area contributed by atoms with Crippen molar-refractivity contribution in [3.8, 4) is 0 Å². The van der Waals surface area contributed by atoms with E-state index in [0.717, 1.165) is 18.5 Å². The molecule has 0 spiro atoms. The summed E-state index contributed by atoms with van der Waals surface area (Å²) in [5.74, 6) is 0.248. The second-order valence-corrected chi connectivity index (χ2v) is 98.9. The van der Waals surface area contributed by atoms with E-state index >= 15 is 0 Å². The zero-order valence-electron chi connectivity index (χ0n) is 70.9. The highest BCUT2D eigenvalue weighted by atomic mass is 28.5. The number of rotatable bonds is 44. The van der Waals surface area contributed by atoms with Gasteiger partial charge >= 0.3 is 70.9 Å². The molecule has 0 amide bonds. The van der Waals surface area contributed by atoms with Crippen LogP contribution in [0.3, 0.4) is 0 Å². The minimum atomic E-state index is -2.96. The molecule has 0 aromatic heterocycles. The van der Waals surface area contributed by atoms with E-state index in [1.165, 1.54) is 11.1 Å². The third-order valence-electron chi connectivity index (χ3n) is 13.3. The molecule has 0 N–H and O–H groups in total. The molecule has 2 rings (SSSR count). The van der Waals surface area contributed by atoms with Crippen LogP contribution in [0.25, 0.3) is 0 Å². The molecule has 0 saturated heterocycles. The molecule has 0 bridgehead atoms. The van der Waals surface area contributed by atoms with Crippen molar-refractivity contribution in [2.75, 3.05) is 41.2 Å². The van der Waals surface area contributed by atoms with Crippen LogP contribution in [0.4, 0.5) is 0 Å². The van der Waals surface area contributed by atoms with Gasteiger partial charge in [-0.2, -0.15) is 0 Å². The Morgan fingerprint density at radius 1 is 0.333 bits per heavy atom. The smallest absolute Gasteiger partial charge is 0.439 e. The summed E-state index contributed by atoms with van der Waals surface area (Å²) in [4.78, 5) is 0. The van der Waals surface area contributed by atoms with E-state index in [0.29, 0.717) is 25.9 Å². The zero-order chi connectivity index (χ0) is 78.0. The first-order valence-corrected chi connectivity index (χ1v) is 85.2. The van der Waals surface area contributed by atoms with Gasteiger partial charge in [-0.25, -0.2) is 0 Å². The molecule has 586 valence electrons. The van der Waals surface area contributed by atoms with Crippen LogP contribution in [-0.2, 0) is 85.5 Å². The van der Waals surface area contributed by atoms with E-state index < -0.39 is 156 Å². The molecule has 0 aliphatic rings. The number of hydrogen-bond acceptors (Lipinski definition) is 19. The maximum Gasteiger partial charge on any atom is 0.500 e. The summed E-state index contributed by atoms with van der Waals surface area (Å²) >= 11 is 0. The zero-order valence-corrected chi connectivity index (χ0v) is 89.5. The first kappa shape index (κ1) is 103. The van der Waals surface area contributed by atoms with Crippen LogP contribution in [0, 0.1) is 0 Å². The summed E-state index contributed by atoms with van der Waals surface area (Å²) < 4.78 is 118. The van der Waals surface area contributed by atoms with Gasteiger partial charge in [0.1, 0.15) is 0 Å². The first-order chi connectivity index (χ1) is 44.3. The van der Waals surface area contributed by atoms with Gasteiger partial charge in [0.2, 0.25) is 0 Å². The molecule has 0 fully saturated rings. The molecule has 19 nitrogen and oxygen atoms in total. The van der Waals surface area contributed by atoms with Gasteiger partial charge in [0.25, 0.3) is 18.6 Å². The minimum Gasteiger partial charge on any atom is -0.439 e. The van der Waals surface area contributed by atoms with Crippen molar-refractivity contribution in [1.82, 2.24) is 0 Å². The van der Waals surface area contributed by atoms with Crippen molar-refractivity contribution in [2.45, 2.75) is 287 Å². The Bertz CT molecular complexity index is 2420. The molecule has 0 heterocycles. The van der Waals surface area contributed by atoms with Crippen molar-refractivity contribution in [2.24, 2.45) is 0 Å². The predicted molar refractivity (Wildman–Crippen MR) is 460 cm³/mol. The van der Waals surface area contributed by atoms with Crippen LogP contribution in [0.2, 0.25) is 234 Å². The maximum absolute atomic E-state index is 7.12. The monoisotopic (exact) mass is 1700 g/mol. The lowest BCUT2D eigenvalue weighted by Crippen LogP contribution is -2.59. The fraction of sp³-hybridized carbons (Fsp3) is 0.806. The molecule has 99 heavy (non-hydrogen) atoms. The minimum absolute atomic E-state index is 0.0234. The van der Waals surface area contributed by atoms with Gasteiger partial charge < -0.3 is 80.1 Å². The molecular formula is C62H152O19Si18. The molecule has 2 aromatic carbocycles. The summed E-state index contributed by atoms with van der Waals surface area (Å²) in [5.41, 5.74) is 2.64. The Balaban J connectivity index is 0. The van der Waals surface area contributed by atoms with Gasteiger partial charge in [-0.05, 0) is 258 Å². The summed E-state index contributed by atoms with van der Waals surface area (Å²) in [6.07, 6.45) is 0.975.